The molecule has 31 heavy (non-hydrogen) atoms. The fourth-order valence-electron chi connectivity index (χ4n) is 3.53. The lowest BCUT2D eigenvalue weighted by Crippen LogP contribution is -2.32. The molecule has 3 amide bonds. The molecule has 5 nitrogen and oxygen atoms in total. The third-order valence-corrected chi connectivity index (χ3v) is 4.81. The molecule has 0 N–H and O–H groups in total. The van der Waals surface area contributed by atoms with Gasteiger partial charge in [0.15, 0.2) is 0 Å². The molecule has 1 heterocycles. The average molecular weight is 434 g/mol. The number of urea groups is 1. The van der Waals surface area contributed by atoms with Crippen molar-refractivity contribution < 1.29 is 27.5 Å². The molecular formula is C23H25F3N2O3. The first-order chi connectivity index (χ1) is 14.3. The van der Waals surface area contributed by atoms with Gasteiger partial charge in [-0.2, -0.15) is 13.2 Å². The zero-order chi connectivity index (χ0) is 23.1. The van der Waals surface area contributed by atoms with Gasteiger partial charge in [0.25, 0.3) is 5.91 Å². The van der Waals surface area contributed by atoms with E-state index in [9.17, 15) is 22.8 Å². The van der Waals surface area contributed by atoms with Crippen LogP contribution in [0.25, 0.3) is 0 Å². The Hall–Kier alpha value is -3.03. The lowest BCUT2D eigenvalue weighted by atomic mass is 10.0. The molecule has 166 valence electrons. The summed E-state index contributed by atoms with van der Waals surface area (Å²) in [5, 5.41) is 0. The van der Waals surface area contributed by atoms with Gasteiger partial charge in [0.2, 0.25) is 0 Å². The zero-order valence-electron chi connectivity index (χ0n) is 18.1. The number of rotatable bonds is 4. The predicted octanol–water partition coefficient (Wildman–Crippen LogP) is 5.47. The molecule has 1 aliphatic rings. The van der Waals surface area contributed by atoms with Crippen LogP contribution in [0.15, 0.2) is 36.4 Å². The topological polar surface area (TPSA) is 49.9 Å². The van der Waals surface area contributed by atoms with Crippen LogP contribution in [0.2, 0.25) is 0 Å². The highest BCUT2D eigenvalue weighted by Gasteiger charge is 2.38. The molecule has 2 aromatic carbocycles. The van der Waals surface area contributed by atoms with Crippen molar-refractivity contribution >= 4 is 17.6 Å². The van der Waals surface area contributed by atoms with Crippen LogP contribution < -0.4 is 9.64 Å². The fraction of sp³-hybridized carbons (Fsp3) is 0.391. The summed E-state index contributed by atoms with van der Waals surface area (Å²) in [5.74, 6) is 0.286. The Balaban J connectivity index is 1.83. The maximum Gasteiger partial charge on any atom is 0.416 e. The van der Waals surface area contributed by atoms with Crippen LogP contribution in [0.4, 0.5) is 23.7 Å². The van der Waals surface area contributed by atoms with Crippen molar-refractivity contribution in [3.63, 3.8) is 0 Å². The van der Waals surface area contributed by atoms with E-state index >= 15 is 0 Å². The Morgan fingerprint density at radius 3 is 2.16 bits per heavy atom. The third-order valence-electron chi connectivity index (χ3n) is 4.81. The molecule has 0 bridgehead atoms. The average Bonchev–Trinajstić information content (AvgIpc) is 2.92. The molecule has 0 spiro atoms. The van der Waals surface area contributed by atoms with Gasteiger partial charge in [0.1, 0.15) is 17.9 Å². The van der Waals surface area contributed by atoms with E-state index in [4.69, 9.17) is 4.74 Å². The van der Waals surface area contributed by atoms with Gasteiger partial charge >= 0.3 is 12.2 Å². The normalized spacial score (nSPS) is 15.1. The highest BCUT2D eigenvalue weighted by Crippen LogP contribution is 2.33. The number of amides is 3. The zero-order valence-corrected chi connectivity index (χ0v) is 18.1. The first kappa shape index (κ1) is 22.7. The Morgan fingerprint density at radius 1 is 1.00 bits per heavy atom. The number of carbonyl (C=O) groups excluding carboxylic acids is 2. The quantitative estimate of drug-likeness (QED) is 0.600. The molecule has 1 aliphatic heterocycles. The molecule has 8 heteroatoms. The van der Waals surface area contributed by atoms with Gasteiger partial charge in [-0.15, -0.1) is 0 Å². The lowest BCUT2D eigenvalue weighted by Gasteiger charge is -2.25. The van der Waals surface area contributed by atoms with E-state index in [-0.39, 0.29) is 24.4 Å². The second kappa shape index (κ2) is 7.90. The molecule has 0 aromatic heterocycles. The second-order valence-corrected chi connectivity index (χ2v) is 8.67. The largest absolute Gasteiger partial charge is 0.488 e. The molecule has 0 radical (unpaired) electrons. The van der Waals surface area contributed by atoms with E-state index in [0.29, 0.717) is 0 Å². The van der Waals surface area contributed by atoms with Crippen molar-refractivity contribution in [2.75, 3.05) is 11.4 Å². The maximum absolute atomic E-state index is 13.0. The molecule has 0 saturated carbocycles. The van der Waals surface area contributed by atoms with E-state index < -0.39 is 23.7 Å². The van der Waals surface area contributed by atoms with Crippen LogP contribution in [0.3, 0.4) is 0 Å². The number of carbonyl (C=O) groups is 2. The summed E-state index contributed by atoms with van der Waals surface area (Å²) in [6.45, 7) is 9.35. The van der Waals surface area contributed by atoms with E-state index in [1.165, 1.54) is 12.1 Å². The van der Waals surface area contributed by atoms with Crippen molar-refractivity contribution in [1.82, 2.24) is 4.90 Å². The minimum Gasteiger partial charge on any atom is -0.488 e. The van der Waals surface area contributed by atoms with Crippen LogP contribution in [0, 0.1) is 13.8 Å². The van der Waals surface area contributed by atoms with Gasteiger partial charge in [-0.05, 0) is 69.5 Å². The minimum absolute atomic E-state index is 0.0323. The van der Waals surface area contributed by atoms with E-state index in [0.717, 1.165) is 44.4 Å². The summed E-state index contributed by atoms with van der Waals surface area (Å²) in [6.07, 6.45) is -4.53. The first-order valence-electron chi connectivity index (χ1n) is 9.84. The summed E-state index contributed by atoms with van der Waals surface area (Å²) in [6, 6.07) is 7.46. The van der Waals surface area contributed by atoms with Crippen LogP contribution in [0.5, 0.6) is 5.75 Å². The first-order valence-corrected chi connectivity index (χ1v) is 9.84. The van der Waals surface area contributed by atoms with Gasteiger partial charge < -0.3 is 4.74 Å². The van der Waals surface area contributed by atoms with Gasteiger partial charge in [0, 0.05) is 5.69 Å². The molecule has 1 fully saturated rings. The fourth-order valence-corrected chi connectivity index (χ4v) is 3.53. The number of hydrogen-bond acceptors (Lipinski definition) is 3. The van der Waals surface area contributed by atoms with Crippen LogP contribution in [-0.4, -0.2) is 29.0 Å². The number of ether oxygens (including phenoxy) is 1. The number of nitrogens with zero attached hydrogens (tertiary/aromatic N) is 2. The van der Waals surface area contributed by atoms with Crippen LogP contribution in [0.1, 0.15) is 43.0 Å². The molecule has 0 atom stereocenters. The van der Waals surface area contributed by atoms with Crippen molar-refractivity contribution in [1.29, 1.82) is 0 Å². The number of halogens is 3. The van der Waals surface area contributed by atoms with Gasteiger partial charge in [-0.3, -0.25) is 14.6 Å². The predicted molar refractivity (Wildman–Crippen MR) is 111 cm³/mol. The molecule has 3 rings (SSSR count). The molecule has 0 unspecified atom stereocenters. The highest BCUT2D eigenvalue weighted by atomic mass is 19.4. The third kappa shape index (κ3) is 5.00. The van der Waals surface area contributed by atoms with E-state index in [1.807, 2.05) is 46.8 Å². The minimum atomic E-state index is -4.53. The molecule has 1 saturated heterocycles. The van der Waals surface area contributed by atoms with Crippen molar-refractivity contribution in [2.24, 2.45) is 0 Å². The number of benzene rings is 2. The van der Waals surface area contributed by atoms with Crippen LogP contribution in [-0.2, 0) is 17.5 Å². The number of imide groups is 1. The summed E-state index contributed by atoms with van der Waals surface area (Å²) >= 11 is 0. The van der Waals surface area contributed by atoms with Crippen molar-refractivity contribution in [2.45, 2.75) is 52.9 Å². The van der Waals surface area contributed by atoms with Crippen LogP contribution >= 0.6 is 0 Å². The van der Waals surface area contributed by atoms with Gasteiger partial charge in [-0.1, -0.05) is 18.2 Å². The standard InChI is InChI=1S/C23H25F3N2O3/c1-14-9-16(10-15(2)20(14)31-22(3,4)5)12-28-19(29)13-27(21(28)30)18-8-6-7-17(11-18)23(24,25)26/h6-11H,12-13H2,1-5H3. The molecule has 2 aromatic rings. The van der Waals surface area contributed by atoms with E-state index in [2.05, 4.69) is 0 Å². The van der Waals surface area contributed by atoms with Gasteiger partial charge in [0.05, 0.1) is 12.1 Å². The monoisotopic (exact) mass is 434 g/mol. The summed E-state index contributed by atoms with van der Waals surface area (Å²) in [4.78, 5) is 27.4. The number of alkyl halides is 3. The summed E-state index contributed by atoms with van der Waals surface area (Å²) in [5.41, 5.74) is 1.28. The summed E-state index contributed by atoms with van der Waals surface area (Å²) < 4.78 is 45.0. The van der Waals surface area contributed by atoms with Gasteiger partial charge in [-0.25, -0.2) is 4.79 Å². The Labute approximate surface area is 179 Å². The smallest absolute Gasteiger partial charge is 0.416 e. The number of aryl methyl sites for hydroxylation is 2. The lowest BCUT2D eigenvalue weighted by molar-refractivity contribution is -0.137. The molecular weight excluding hydrogens is 409 g/mol. The number of anilines is 1. The highest BCUT2D eigenvalue weighted by molar-refractivity contribution is 6.12. The number of hydrogen-bond donors (Lipinski definition) is 0. The second-order valence-electron chi connectivity index (χ2n) is 8.67. The Morgan fingerprint density at radius 2 is 1.61 bits per heavy atom. The SMILES string of the molecule is Cc1cc(CN2C(=O)CN(c3cccc(C(F)(F)F)c3)C2=O)cc(C)c1OC(C)(C)C. The van der Waals surface area contributed by atoms with Crippen molar-refractivity contribution in [3.8, 4) is 5.75 Å². The molecule has 0 aliphatic carbocycles. The maximum atomic E-state index is 13.0. The summed E-state index contributed by atoms with van der Waals surface area (Å²) in [7, 11) is 0. The van der Waals surface area contributed by atoms with Crippen molar-refractivity contribution in [3.05, 3.63) is 58.7 Å². The Kier molecular flexibility index (Phi) is 5.78. The Bertz CT molecular complexity index is 1000. The van der Waals surface area contributed by atoms with E-state index in [1.54, 1.807) is 0 Å².